The highest BCUT2D eigenvalue weighted by atomic mass is 32.2. The van der Waals surface area contributed by atoms with Crippen molar-refractivity contribution in [3.8, 4) is 0 Å². The van der Waals surface area contributed by atoms with Gasteiger partial charge in [0.1, 0.15) is 0 Å². The zero-order chi connectivity index (χ0) is 14.5. The summed E-state index contributed by atoms with van der Waals surface area (Å²) < 4.78 is 6.17. The predicted octanol–water partition coefficient (Wildman–Crippen LogP) is 4.50. The van der Waals surface area contributed by atoms with E-state index in [0.717, 1.165) is 13.0 Å². The molecule has 0 amide bonds. The standard InChI is InChI=1S/C18H27NOS/c1-2-3-15-4-6-16(7-5-15)19-17-8-11-20-18(14-17)9-12-21-13-10-18/h4-7,17,19H,2-3,8-14H2,1H3. The normalized spacial score (nSPS) is 24.9. The molecule has 1 aromatic carbocycles. The Balaban J connectivity index is 1.59. The fourth-order valence-electron chi connectivity index (χ4n) is 3.53. The molecule has 2 nitrogen and oxygen atoms in total. The van der Waals surface area contributed by atoms with E-state index in [9.17, 15) is 0 Å². The Bertz CT molecular complexity index is 434. The monoisotopic (exact) mass is 305 g/mol. The Labute approximate surface area is 133 Å². The fraction of sp³-hybridized carbons (Fsp3) is 0.667. The molecule has 2 heterocycles. The van der Waals surface area contributed by atoms with Gasteiger partial charge in [0, 0.05) is 18.3 Å². The molecule has 2 aliphatic rings. The van der Waals surface area contributed by atoms with Gasteiger partial charge in [-0.25, -0.2) is 0 Å². The van der Waals surface area contributed by atoms with Crippen molar-refractivity contribution in [3.05, 3.63) is 29.8 Å². The van der Waals surface area contributed by atoms with Gasteiger partial charge in [0.2, 0.25) is 0 Å². The maximum atomic E-state index is 6.17. The van der Waals surface area contributed by atoms with Crippen LogP contribution in [0.3, 0.4) is 0 Å². The maximum absolute atomic E-state index is 6.17. The number of ether oxygens (including phenoxy) is 1. The van der Waals surface area contributed by atoms with Gasteiger partial charge in [-0.15, -0.1) is 0 Å². The first kappa shape index (κ1) is 15.2. The molecule has 0 bridgehead atoms. The molecule has 116 valence electrons. The third kappa shape index (κ3) is 3.95. The molecule has 21 heavy (non-hydrogen) atoms. The second kappa shape index (κ2) is 7.06. The summed E-state index contributed by atoms with van der Waals surface area (Å²) in [6, 6.07) is 9.57. The molecule has 2 aliphatic heterocycles. The molecular weight excluding hydrogens is 278 g/mol. The summed E-state index contributed by atoms with van der Waals surface area (Å²) in [4.78, 5) is 0. The molecule has 3 heteroatoms. The molecule has 0 saturated carbocycles. The summed E-state index contributed by atoms with van der Waals surface area (Å²) in [6.07, 6.45) is 7.15. The van der Waals surface area contributed by atoms with Crippen LogP contribution in [-0.4, -0.2) is 29.8 Å². The van der Waals surface area contributed by atoms with Gasteiger partial charge in [0.05, 0.1) is 5.60 Å². The number of thioether (sulfide) groups is 1. The van der Waals surface area contributed by atoms with Crippen molar-refractivity contribution in [2.24, 2.45) is 0 Å². The van der Waals surface area contributed by atoms with E-state index in [2.05, 4.69) is 48.3 Å². The van der Waals surface area contributed by atoms with Crippen molar-refractivity contribution < 1.29 is 4.74 Å². The van der Waals surface area contributed by atoms with Crippen molar-refractivity contribution >= 4 is 17.4 Å². The zero-order valence-electron chi connectivity index (χ0n) is 13.1. The lowest BCUT2D eigenvalue weighted by Gasteiger charge is -2.43. The van der Waals surface area contributed by atoms with E-state index >= 15 is 0 Å². The molecule has 1 N–H and O–H groups in total. The van der Waals surface area contributed by atoms with E-state index < -0.39 is 0 Å². The SMILES string of the molecule is CCCc1ccc(NC2CCOC3(CCSCC3)C2)cc1. The largest absolute Gasteiger partial charge is 0.382 e. The van der Waals surface area contributed by atoms with Gasteiger partial charge in [-0.1, -0.05) is 25.5 Å². The van der Waals surface area contributed by atoms with E-state index in [1.54, 1.807) is 0 Å². The van der Waals surface area contributed by atoms with E-state index in [0.29, 0.717) is 6.04 Å². The Hall–Kier alpha value is -0.670. The highest BCUT2D eigenvalue weighted by molar-refractivity contribution is 7.99. The molecule has 0 aromatic heterocycles. The summed E-state index contributed by atoms with van der Waals surface area (Å²) >= 11 is 2.07. The maximum Gasteiger partial charge on any atom is 0.0717 e. The number of hydrogen-bond acceptors (Lipinski definition) is 3. The molecule has 2 saturated heterocycles. The summed E-state index contributed by atoms with van der Waals surface area (Å²) in [5.41, 5.74) is 2.88. The Morgan fingerprint density at radius 3 is 2.71 bits per heavy atom. The first-order valence-electron chi connectivity index (χ1n) is 8.37. The van der Waals surface area contributed by atoms with Gasteiger partial charge in [-0.2, -0.15) is 11.8 Å². The first-order chi connectivity index (χ1) is 10.3. The van der Waals surface area contributed by atoms with Gasteiger partial charge >= 0.3 is 0 Å². The third-order valence-corrected chi connectivity index (χ3v) is 5.75. The molecule has 1 atom stereocenters. The van der Waals surface area contributed by atoms with Gasteiger partial charge in [-0.05, 0) is 61.3 Å². The lowest BCUT2D eigenvalue weighted by Crippen LogP contribution is -2.46. The van der Waals surface area contributed by atoms with Crippen LogP contribution in [0.2, 0.25) is 0 Å². The van der Waals surface area contributed by atoms with Crippen molar-refractivity contribution in [2.75, 3.05) is 23.4 Å². The van der Waals surface area contributed by atoms with Crippen LogP contribution in [-0.2, 0) is 11.2 Å². The number of nitrogens with one attached hydrogen (secondary N) is 1. The molecule has 1 aromatic rings. The van der Waals surface area contributed by atoms with Crippen molar-refractivity contribution in [3.63, 3.8) is 0 Å². The Kier molecular flexibility index (Phi) is 5.12. The van der Waals surface area contributed by atoms with Crippen molar-refractivity contribution in [2.45, 2.75) is 57.1 Å². The lowest BCUT2D eigenvalue weighted by atomic mass is 9.85. The molecule has 1 unspecified atom stereocenters. The van der Waals surface area contributed by atoms with Gasteiger partial charge in [-0.3, -0.25) is 0 Å². The second-order valence-electron chi connectivity index (χ2n) is 6.42. The third-order valence-electron chi connectivity index (χ3n) is 4.76. The minimum Gasteiger partial charge on any atom is -0.382 e. The highest BCUT2D eigenvalue weighted by Gasteiger charge is 2.38. The van der Waals surface area contributed by atoms with Crippen LogP contribution < -0.4 is 5.32 Å². The minimum absolute atomic E-state index is 0.170. The van der Waals surface area contributed by atoms with E-state index in [1.165, 1.54) is 54.9 Å². The van der Waals surface area contributed by atoms with Crippen LogP contribution in [0, 0.1) is 0 Å². The fourth-order valence-corrected chi connectivity index (χ4v) is 4.77. The first-order valence-corrected chi connectivity index (χ1v) is 9.52. The number of hydrogen-bond donors (Lipinski definition) is 1. The van der Waals surface area contributed by atoms with Crippen molar-refractivity contribution in [1.29, 1.82) is 0 Å². The van der Waals surface area contributed by atoms with Crippen LogP contribution in [0.4, 0.5) is 5.69 Å². The average molecular weight is 305 g/mol. The number of aryl methyl sites for hydroxylation is 1. The predicted molar refractivity (Wildman–Crippen MR) is 92.3 cm³/mol. The van der Waals surface area contributed by atoms with Gasteiger partial charge in [0.25, 0.3) is 0 Å². The quantitative estimate of drug-likeness (QED) is 0.885. The summed E-state index contributed by atoms with van der Waals surface area (Å²) in [7, 11) is 0. The average Bonchev–Trinajstić information content (AvgIpc) is 2.50. The van der Waals surface area contributed by atoms with Crippen LogP contribution >= 0.6 is 11.8 Å². The van der Waals surface area contributed by atoms with Crippen LogP contribution in [0.25, 0.3) is 0 Å². The van der Waals surface area contributed by atoms with Crippen LogP contribution in [0.1, 0.15) is 44.6 Å². The second-order valence-corrected chi connectivity index (χ2v) is 7.65. The van der Waals surface area contributed by atoms with E-state index in [1.807, 2.05) is 0 Å². The Morgan fingerprint density at radius 1 is 1.24 bits per heavy atom. The zero-order valence-corrected chi connectivity index (χ0v) is 13.9. The lowest BCUT2D eigenvalue weighted by molar-refractivity contribution is -0.0865. The van der Waals surface area contributed by atoms with Crippen molar-refractivity contribution in [1.82, 2.24) is 0 Å². The number of anilines is 1. The van der Waals surface area contributed by atoms with Gasteiger partial charge < -0.3 is 10.1 Å². The molecule has 1 spiro atoms. The highest BCUT2D eigenvalue weighted by Crippen LogP contribution is 2.38. The summed E-state index contributed by atoms with van der Waals surface area (Å²) in [5.74, 6) is 2.52. The van der Waals surface area contributed by atoms with E-state index in [4.69, 9.17) is 4.74 Å². The minimum atomic E-state index is 0.170. The summed E-state index contributed by atoms with van der Waals surface area (Å²) in [5, 5.41) is 3.73. The topological polar surface area (TPSA) is 21.3 Å². The number of benzene rings is 1. The van der Waals surface area contributed by atoms with Crippen LogP contribution in [0.5, 0.6) is 0 Å². The molecule has 0 radical (unpaired) electrons. The molecule has 0 aliphatic carbocycles. The molecule has 3 rings (SSSR count). The van der Waals surface area contributed by atoms with Crippen LogP contribution in [0.15, 0.2) is 24.3 Å². The number of rotatable bonds is 4. The Morgan fingerprint density at radius 2 is 2.00 bits per heavy atom. The molecular formula is C18H27NOS. The summed E-state index contributed by atoms with van der Waals surface area (Å²) in [6.45, 7) is 3.15. The smallest absolute Gasteiger partial charge is 0.0717 e. The molecule has 2 fully saturated rings. The van der Waals surface area contributed by atoms with Gasteiger partial charge in [0.15, 0.2) is 0 Å². The van der Waals surface area contributed by atoms with E-state index in [-0.39, 0.29) is 5.60 Å².